The van der Waals surface area contributed by atoms with Crippen LogP contribution < -0.4 is 4.74 Å². The maximum atomic E-state index is 13.9. The van der Waals surface area contributed by atoms with Crippen molar-refractivity contribution in [3.8, 4) is 5.75 Å². The van der Waals surface area contributed by atoms with E-state index in [1.54, 1.807) is 0 Å². The molecule has 0 saturated carbocycles. The summed E-state index contributed by atoms with van der Waals surface area (Å²) in [5.41, 5.74) is 0. The number of hydrogen-bond acceptors (Lipinski definition) is 4. The molecule has 0 amide bonds. The first-order valence-electron chi connectivity index (χ1n) is 7.12. The molecular formula is C18H13F2NOS2. The van der Waals surface area contributed by atoms with Gasteiger partial charge in [-0.15, -0.1) is 0 Å². The Bertz CT molecular complexity index is 801. The van der Waals surface area contributed by atoms with Gasteiger partial charge in [-0.1, -0.05) is 59.9 Å². The third kappa shape index (κ3) is 4.49. The molecule has 3 aromatic rings. The van der Waals surface area contributed by atoms with E-state index in [-0.39, 0.29) is 11.7 Å². The van der Waals surface area contributed by atoms with Crippen LogP contribution in [-0.4, -0.2) is 10.9 Å². The lowest BCUT2D eigenvalue weighted by atomic mass is 10.4. The highest BCUT2D eigenvalue weighted by molar-refractivity contribution is 7.99. The molecule has 0 radical (unpaired) electrons. The number of rotatable bonds is 6. The summed E-state index contributed by atoms with van der Waals surface area (Å²) in [7, 11) is 0. The average Bonchev–Trinajstić information content (AvgIpc) is 2.61. The standard InChI is InChI=1S/C18H13F2NOS2/c19-17-15(22-12-23-13-7-3-1-4-8-13)11-16(21-18(17)20)24-14-9-5-2-6-10-14/h1-11H,12H2. The molecule has 3 rings (SSSR count). The molecule has 0 atom stereocenters. The van der Waals surface area contributed by atoms with Crippen molar-refractivity contribution in [3.05, 3.63) is 78.5 Å². The SMILES string of the molecule is Fc1nc(Sc2ccccc2)cc(OCSc2ccccc2)c1F. The Morgan fingerprint density at radius 3 is 2.17 bits per heavy atom. The largest absolute Gasteiger partial charge is 0.479 e. The molecule has 122 valence electrons. The van der Waals surface area contributed by atoms with Gasteiger partial charge in [-0.3, -0.25) is 0 Å². The Morgan fingerprint density at radius 2 is 1.50 bits per heavy atom. The van der Waals surface area contributed by atoms with E-state index in [4.69, 9.17) is 4.74 Å². The van der Waals surface area contributed by atoms with Gasteiger partial charge in [-0.25, -0.2) is 4.98 Å². The highest BCUT2D eigenvalue weighted by atomic mass is 32.2. The van der Waals surface area contributed by atoms with E-state index in [9.17, 15) is 8.78 Å². The van der Waals surface area contributed by atoms with E-state index in [1.807, 2.05) is 60.7 Å². The first-order valence-corrected chi connectivity index (χ1v) is 8.92. The Labute approximate surface area is 147 Å². The number of benzene rings is 2. The molecule has 0 fully saturated rings. The van der Waals surface area contributed by atoms with Crippen LogP contribution in [0.15, 0.2) is 81.5 Å². The van der Waals surface area contributed by atoms with Gasteiger partial charge in [0.2, 0.25) is 5.82 Å². The molecule has 0 saturated heterocycles. The fourth-order valence-electron chi connectivity index (χ4n) is 1.90. The van der Waals surface area contributed by atoms with Crippen molar-refractivity contribution < 1.29 is 13.5 Å². The molecule has 0 unspecified atom stereocenters. The minimum atomic E-state index is -1.16. The van der Waals surface area contributed by atoms with Crippen LogP contribution in [0.1, 0.15) is 0 Å². The summed E-state index contributed by atoms with van der Waals surface area (Å²) in [6.45, 7) is 0. The molecule has 1 aromatic heterocycles. The number of hydrogen-bond donors (Lipinski definition) is 0. The predicted molar refractivity (Wildman–Crippen MR) is 92.5 cm³/mol. The second kappa shape index (κ2) is 8.17. The minimum Gasteiger partial charge on any atom is -0.479 e. The van der Waals surface area contributed by atoms with Gasteiger partial charge < -0.3 is 4.74 Å². The first-order chi connectivity index (χ1) is 11.7. The summed E-state index contributed by atoms with van der Waals surface area (Å²) in [4.78, 5) is 5.51. The van der Waals surface area contributed by atoms with Crippen LogP contribution in [0.25, 0.3) is 0 Å². The van der Waals surface area contributed by atoms with Crippen molar-refractivity contribution in [2.75, 3.05) is 5.94 Å². The molecule has 0 aliphatic rings. The maximum absolute atomic E-state index is 13.9. The summed E-state index contributed by atoms with van der Waals surface area (Å²) >= 11 is 2.65. The second-order valence-electron chi connectivity index (χ2n) is 4.70. The number of thioether (sulfide) groups is 1. The molecule has 0 bridgehead atoms. The zero-order chi connectivity index (χ0) is 16.8. The average molecular weight is 361 g/mol. The van der Waals surface area contributed by atoms with Crippen LogP contribution in [0, 0.1) is 11.8 Å². The van der Waals surface area contributed by atoms with Crippen molar-refractivity contribution >= 4 is 23.5 Å². The number of ether oxygens (including phenoxy) is 1. The molecule has 6 heteroatoms. The van der Waals surface area contributed by atoms with E-state index >= 15 is 0 Å². The van der Waals surface area contributed by atoms with Crippen LogP contribution in [0.3, 0.4) is 0 Å². The van der Waals surface area contributed by atoms with E-state index in [0.717, 1.165) is 9.79 Å². The quantitative estimate of drug-likeness (QED) is 0.322. The van der Waals surface area contributed by atoms with Crippen LogP contribution in [0.2, 0.25) is 0 Å². The van der Waals surface area contributed by atoms with Crippen molar-refractivity contribution in [3.63, 3.8) is 0 Å². The Kier molecular flexibility index (Phi) is 5.72. The van der Waals surface area contributed by atoms with Gasteiger partial charge in [0.15, 0.2) is 5.75 Å². The van der Waals surface area contributed by atoms with E-state index in [1.165, 1.54) is 29.6 Å². The molecule has 0 aliphatic carbocycles. The summed E-state index contributed by atoms with van der Waals surface area (Å²) < 4.78 is 33.0. The molecule has 2 aromatic carbocycles. The lowest BCUT2D eigenvalue weighted by Gasteiger charge is -2.09. The van der Waals surface area contributed by atoms with Gasteiger partial charge in [0.1, 0.15) is 11.0 Å². The fourth-order valence-corrected chi connectivity index (χ4v) is 3.40. The Morgan fingerprint density at radius 1 is 0.875 bits per heavy atom. The Hall–Kier alpha value is -2.05. The van der Waals surface area contributed by atoms with Gasteiger partial charge in [-0.2, -0.15) is 8.78 Å². The predicted octanol–water partition coefficient (Wildman–Crippen LogP) is 5.64. The number of aromatic nitrogens is 1. The van der Waals surface area contributed by atoms with E-state index in [0.29, 0.717) is 5.03 Å². The molecular weight excluding hydrogens is 348 g/mol. The lowest BCUT2D eigenvalue weighted by Crippen LogP contribution is -2.00. The lowest BCUT2D eigenvalue weighted by molar-refractivity contribution is 0.347. The fraction of sp³-hybridized carbons (Fsp3) is 0.0556. The van der Waals surface area contributed by atoms with Crippen LogP contribution in [0.4, 0.5) is 8.78 Å². The topological polar surface area (TPSA) is 22.1 Å². The highest BCUT2D eigenvalue weighted by Gasteiger charge is 2.14. The van der Waals surface area contributed by atoms with E-state index in [2.05, 4.69) is 4.98 Å². The van der Waals surface area contributed by atoms with Gasteiger partial charge in [0.05, 0.1) is 0 Å². The monoisotopic (exact) mass is 361 g/mol. The number of pyridine rings is 1. The van der Waals surface area contributed by atoms with Crippen LogP contribution in [-0.2, 0) is 0 Å². The molecule has 1 heterocycles. The Balaban J connectivity index is 1.70. The summed E-state index contributed by atoms with van der Waals surface area (Å²) in [5, 5.41) is 0.347. The summed E-state index contributed by atoms with van der Waals surface area (Å²) in [6.07, 6.45) is 0. The van der Waals surface area contributed by atoms with Gasteiger partial charge in [0.25, 0.3) is 5.95 Å². The van der Waals surface area contributed by atoms with Gasteiger partial charge in [0, 0.05) is 15.9 Å². The first kappa shape index (κ1) is 16.8. The zero-order valence-corrected chi connectivity index (χ0v) is 14.1. The summed E-state index contributed by atoms with van der Waals surface area (Å²) in [5.74, 6) is -2.18. The van der Waals surface area contributed by atoms with E-state index < -0.39 is 11.8 Å². The molecule has 0 N–H and O–H groups in total. The summed E-state index contributed by atoms with van der Waals surface area (Å²) in [6, 6.07) is 20.4. The van der Waals surface area contributed by atoms with Crippen molar-refractivity contribution in [1.82, 2.24) is 4.98 Å². The van der Waals surface area contributed by atoms with Crippen molar-refractivity contribution in [2.45, 2.75) is 14.8 Å². The third-order valence-electron chi connectivity index (χ3n) is 3.01. The van der Waals surface area contributed by atoms with Crippen LogP contribution in [0.5, 0.6) is 5.75 Å². The molecule has 0 spiro atoms. The smallest absolute Gasteiger partial charge is 0.253 e. The minimum absolute atomic E-state index is 0.135. The second-order valence-corrected chi connectivity index (χ2v) is 6.79. The number of halogens is 2. The van der Waals surface area contributed by atoms with Gasteiger partial charge in [-0.05, 0) is 24.3 Å². The highest BCUT2D eigenvalue weighted by Crippen LogP contribution is 2.31. The third-order valence-corrected chi connectivity index (χ3v) is 4.78. The van der Waals surface area contributed by atoms with Crippen molar-refractivity contribution in [2.24, 2.45) is 0 Å². The normalized spacial score (nSPS) is 10.6. The molecule has 2 nitrogen and oxygen atoms in total. The zero-order valence-electron chi connectivity index (χ0n) is 12.5. The van der Waals surface area contributed by atoms with Gasteiger partial charge >= 0.3 is 0 Å². The molecule has 24 heavy (non-hydrogen) atoms. The number of nitrogens with zero attached hydrogens (tertiary/aromatic N) is 1. The van der Waals surface area contributed by atoms with Crippen LogP contribution >= 0.6 is 23.5 Å². The van der Waals surface area contributed by atoms with Crippen molar-refractivity contribution in [1.29, 1.82) is 0 Å². The molecule has 0 aliphatic heterocycles. The maximum Gasteiger partial charge on any atom is 0.253 e.